The van der Waals surface area contributed by atoms with Crippen molar-refractivity contribution in [2.45, 2.75) is 4.90 Å². The zero-order valence-electron chi connectivity index (χ0n) is 14.2. The Labute approximate surface area is 177 Å². The maximum Gasteiger partial charge on any atom is 0.336 e. The van der Waals surface area contributed by atoms with E-state index in [4.69, 9.17) is 4.55 Å². The van der Waals surface area contributed by atoms with Crippen LogP contribution in [0.25, 0.3) is 10.8 Å². The Kier molecular flexibility index (Phi) is 6.40. The normalized spacial score (nSPS) is 10.9. The fourth-order valence-corrected chi connectivity index (χ4v) is 3.10. The summed E-state index contributed by atoms with van der Waals surface area (Å²) in [6.07, 6.45) is 0. The molecule has 0 unspecified atom stereocenters. The van der Waals surface area contributed by atoms with Crippen LogP contribution >= 0.6 is 0 Å². The van der Waals surface area contributed by atoms with Gasteiger partial charge in [-0.2, -0.15) is 8.42 Å². The quantitative estimate of drug-likeness (QED) is 0.462. The van der Waals surface area contributed by atoms with Crippen molar-refractivity contribution in [3.63, 3.8) is 0 Å². The van der Waals surface area contributed by atoms with Crippen molar-refractivity contribution in [3.05, 3.63) is 71.8 Å². The predicted octanol–water partition coefficient (Wildman–Crippen LogP) is 2.66. The van der Waals surface area contributed by atoms with Gasteiger partial charge in [-0.05, 0) is 35.7 Å². The van der Waals surface area contributed by atoms with Crippen LogP contribution in [0.1, 0.15) is 20.7 Å². The molecule has 0 heterocycles. The van der Waals surface area contributed by atoms with Gasteiger partial charge in [0.15, 0.2) is 0 Å². The first kappa shape index (κ1) is 21.1. The molecule has 3 aromatic carbocycles. The Morgan fingerprint density at radius 2 is 1.56 bits per heavy atom. The summed E-state index contributed by atoms with van der Waals surface area (Å²) < 4.78 is 31.7. The standard InChI is InChI=1S/C18H13NO6S.Na/c20-17(14-5-1-2-6-15(14)18(21)22)19-16-7-3-4-11-10-12(26(23,24)25)8-9-13(11)16;/h1-10H,(H,19,20)(H,21,22)(H,23,24,25);. The van der Waals surface area contributed by atoms with Gasteiger partial charge in [-0.25, -0.2) is 4.79 Å². The molecule has 0 saturated heterocycles. The van der Waals surface area contributed by atoms with Crippen molar-refractivity contribution < 1.29 is 27.7 Å². The van der Waals surface area contributed by atoms with Gasteiger partial charge in [-0.3, -0.25) is 9.35 Å². The van der Waals surface area contributed by atoms with Crippen LogP contribution in [0.5, 0.6) is 0 Å². The Hall–Kier alpha value is -2.23. The van der Waals surface area contributed by atoms with E-state index in [9.17, 15) is 23.1 Å². The van der Waals surface area contributed by atoms with Gasteiger partial charge in [0, 0.05) is 40.6 Å². The topological polar surface area (TPSA) is 121 Å². The predicted molar refractivity (Wildman–Crippen MR) is 101 cm³/mol. The second kappa shape index (κ2) is 8.20. The van der Waals surface area contributed by atoms with E-state index in [2.05, 4.69) is 5.32 Å². The first-order valence-corrected chi connectivity index (χ1v) is 8.85. The number of fused-ring (bicyclic) bond motifs is 1. The van der Waals surface area contributed by atoms with Crippen LogP contribution in [0.3, 0.4) is 0 Å². The summed E-state index contributed by atoms with van der Waals surface area (Å²) >= 11 is 0. The number of amides is 1. The molecule has 133 valence electrons. The first-order chi connectivity index (χ1) is 12.3. The van der Waals surface area contributed by atoms with Crippen molar-refractivity contribution in [2.24, 2.45) is 0 Å². The number of nitrogens with one attached hydrogen (secondary N) is 1. The minimum Gasteiger partial charge on any atom is -0.478 e. The number of carbonyl (C=O) groups is 2. The number of carbonyl (C=O) groups excluding carboxylic acids is 1. The van der Waals surface area contributed by atoms with Gasteiger partial charge < -0.3 is 10.4 Å². The second-order valence-corrected chi connectivity index (χ2v) is 6.89. The molecule has 0 fully saturated rings. The molecule has 0 saturated carbocycles. The molecule has 0 spiro atoms. The fourth-order valence-electron chi connectivity index (χ4n) is 2.59. The van der Waals surface area contributed by atoms with Gasteiger partial charge in [0.1, 0.15) is 0 Å². The molecular formula is C18H13NNaO6S. The molecule has 0 aromatic heterocycles. The molecule has 0 aliphatic carbocycles. The van der Waals surface area contributed by atoms with Crippen LogP contribution in [0.2, 0.25) is 0 Å². The smallest absolute Gasteiger partial charge is 0.336 e. The van der Waals surface area contributed by atoms with E-state index in [1.807, 2.05) is 0 Å². The third kappa shape index (κ3) is 4.55. The van der Waals surface area contributed by atoms with Crippen LogP contribution < -0.4 is 5.32 Å². The minimum absolute atomic E-state index is 0. The zero-order chi connectivity index (χ0) is 18.9. The summed E-state index contributed by atoms with van der Waals surface area (Å²) in [4.78, 5) is 23.5. The van der Waals surface area contributed by atoms with Gasteiger partial charge in [-0.1, -0.05) is 30.3 Å². The fraction of sp³-hybridized carbons (Fsp3) is 0. The Bertz CT molecular complexity index is 1140. The molecule has 1 amide bonds. The van der Waals surface area contributed by atoms with Crippen molar-refractivity contribution in [1.82, 2.24) is 0 Å². The van der Waals surface area contributed by atoms with Crippen LogP contribution in [0, 0.1) is 0 Å². The molecule has 27 heavy (non-hydrogen) atoms. The van der Waals surface area contributed by atoms with Gasteiger partial charge in [0.05, 0.1) is 16.0 Å². The maximum absolute atomic E-state index is 12.5. The van der Waals surface area contributed by atoms with Gasteiger partial charge in [0.25, 0.3) is 16.0 Å². The van der Waals surface area contributed by atoms with E-state index in [0.29, 0.717) is 16.5 Å². The first-order valence-electron chi connectivity index (χ1n) is 7.41. The molecule has 3 rings (SSSR count). The van der Waals surface area contributed by atoms with E-state index in [0.717, 1.165) is 0 Å². The summed E-state index contributed by atoms with van der Waals surface area (Å²) in [5.74, 6) is -1.82. The van der Waals surface area contributed by atoms with Gasteiger partial charge in [-0.15, -0.1) is 0 Å². The van der Waals surface area contributed by atoms with E-state index >= 15 is 0 Å². The van der Waals surface area contributed by atoms with Crippen LogP contribution in [0.4, 0.5) is 5.69 Å². The van der Waals surface area contributed by atoms with Crippen LogP contribution in [-0.4, -0.2) is 59.5 Å². The third-order valence-electron chi connectivity index (χ3n) is 3.80. The number of hydrogen-bond donors (Lipinski definition) is 3. The monoisotopic (exact) mass is 394 g/mol. The molecular weight excluding hydrogens is 381 g/mol. The summed E-state index contributed by atoms with van der Waals surface area (Å²) in [5, 5.41) is 12.9. The number of carboxylic acid groups (broad SMARTS) is 1. The molecule has 0 aliphatic rings. The Balaban J connectivity index is 0.00000261. The summed E-state index contributed by atoms with van der Waals surface area (Å²) in [5.41, 5.74) is 0.264. The summed E-state index contributed by atoms with van der Waals surface area (Å²) in [6, 6.07) is 14.6. The van der Waals surface area contributed by atoms with Crippen molar-refractivity contribution in [3.8, 4) is 0 Å². The van der Waals surface area contributed by atoms with E-state index < -0.39 is 22.0 Å². The molecule has 3 aromatic rings. The zero-order valence-corrected chi connectivity index (χ0v) is 17.0. The second-order valence-electron chi connectivity index (χ2n) is 5.47. The van der Waals surface area contributed by atoms with Crippen molar-refractivity contribution in [2.75, 3.05) is 5.32 Å². The number of benzene rings is 3. The Morgan fingerprint density at radius 1 is 0.889 bits per heavy atom. The molecule has 0 atom stereocenters. The van der Waals surface area contributed by atoms with Gasteiger partial charge >= 0.3 is 5.97 Å². The molecule has 7 nitrogen and oxygen atoms in total. The minimum atomic E-state index is -4.34. The van der Waals surface area contributed by atoms with Crippen molar-refractivity contribution >= 4 is 68.0 Å². The number of anilines is 1. The molecule has 1 radical (unpaired) electrons. The average molecular weight is 394 g/mol. The van der Waals surface area contributed by atoms with E-state index in [1.165, 1.54) is 36.4 Å². The number of aromatic carboxylic acids is 1. The van der Waals surface area contributed by atoms with E-state index in [-0.39, 0.29) is 45.6 Å². The average Bonchev–Trinajstić information content (AvgIpc) is 2.60. The van der Waals surface area contributed by atoms with Crippen LogP contribution in [0.15, 0.2) is 65.6 Å². The number of hydrogen-bond acceptors (Lipinski definition) is 4. The van der Waals surface area contributed by atoms with E-state index in [1.54, 1.807) is 24.3 Å². The number of carboxylic acids is 1. The van der Waals surface area contributed by atoms with Crippen LogP contribution in [-0.2, 0) is 10.1 Å². The van der Waals surface area contributed by atoms with Crippen molar-refractivity contribution in [1.29, 1.82) is 0 Å². The molecule has 0 aliphatic heterocycles. The molecule has 9 heteroatoms. The maximum atomic E-state index is 12.5. The Morgan fingerprint density at radius 3 is 2.19 bits per heavy atom. The third-order valence-corrected chi connectivity index (χ3v) is 4.65. The number of rotatable bonds is 4. The summed E-state index contributed by atoms with van der Waals surface area (Å²) in [7, 11) is -4.34. The molecule has 3 N–H and O–H groups in total. The molecule has 0 bridgehead atoms. The largest absolute Gasteiger partial charge is 0.478 e. The SMILES string of the molecule is O=C(O)c1ccccc1C(=O)Nc1cccc2cc(S(=O)(=O)O)ccc12.[Na]. The van der Waals surface area contributed by atoms with Gasteiger partial charge in [0.2, 0.25) is 0 Å². The summed E-state index contributed by atoms with van der Waals surface area (Å²) in [6.45, 7) is 0.